The Bertz CT molecular complexity index is 1720. The van der Waals surface area contributed by atoms with Crippen LogP contribution >= 0.6 is 0 Å². The molecule has 2 amide bonds. The van der Waals surface area contributed by atoms with Crippen LogP contribution in [0.2, 0.25) is 0 Å². The smallest absolute Gasteiger partial charge is 0.261 e. The number of hydrogen-bond acceptors (Lipinski definition) is 8. The van der Waals surface area contributed by atoms with Gasteiger partial charge in [-0.05, 0) is 47.7 Å². The number of anilines is 3. The van der Waals surface area contributed by atoms with Crippen molar-refractivity contribution < 1.29 is 22.7 Å². The van der Waals surface area contributed by atoms with E-state index in [-0.39, 0.29) is 12.3 Å². The quantitative estimate of drug-likeness (QED) is 0.348. The maximum atomic E-state index is 13.4. The average molecular weight is 560 g/mol. The van der Waals surface area contributed by atoms with Gasteiger partial charge in [0, 0.05) is 37.8 Å². The zero-order chi connectivity index (χ0) is 28.4. The molecule has 0 spiro atoms. The summed E-state index contributed by atoms with van der Waals surface area (Å²) in [5.41, 5.74) is 2.77. The highest BCUT2D eigenvalue weighted by Gasteiger charge is 2.30. The molecule has 0 saturated carbocycles. The van der Waals surface area contributed by atoms with Crippen molar-refractivity contribution in [3.05, 3.63) is 83.7 Å². The summed E-state index contributed by atoms with van der Waals surface area (Å²) in [6.45, 7) is 2.93. The van der Waals surface area contributed by atoms with Gasteiger partial charge in [0.1, 0.15) is 11.6 Å². The van der Waals surface area contributed by atoms with Gasteiger partial charge in [0.25, 0.3) is 5.91 Å². The van der Waals surface area contributed by atoms with Gasteiger partial charge in [-0.3, -0.25) is 14.3 Å². The largest absolute Gasteiger partial charge is 0.493 e. The van der Waals surface area contributed by atoms with Gasteiger partial charge >= 0.3 is 0 Å². The highest BCUT2D eigenvalue weighted by molar-refractivity contribution is 7.89. The maximum Gasteiger partial charge on any atom is 0.261 e. The molecule has 5 rings (SSSR count). The van der Waals surface area contributed by atoms with Crippen LogP contribution in [0.1, 0.15) is 28.4 Å². The first-order chi connectivity index (χ1) is 19.2. The Balaban J connectivity index is 1.35. The first kappa shape index (κ1) is 27.1. The number of nitrogens with one attached hydrogen (secondary N) is 1. The molecule has 1 aliphatic rings. The van der Waals surface area contributed by atoms with Gasteiger partial charge in [-0.15, -0.1) is 0 Å². The van der Waals surface area contributed by atoms with Crippen LogP contribution in [0.3, 0.4) is 0 Å². The molecule has 0 aliphatic carbocycles. The molecule has 1 N–H and O–H groups in total. The van der Waals surface area contributed by atoms with E-state index in [1.165, 1.54) is 0 Å². The number of sulfonamides is 1. The predicted molar refractivity (Wildman–Crippen MR) is 154 cm³/mol. The van der Waals surface area contributed by atoms with E-state index in [9.17, 15) is 18.0 Å². The number of amides is 2. The normalized spacial score (nSPS) is 13.0. The predicted octanol–water partition coefficient (Wildman–Crippen LogP) is 3.62. The SMILES string of the molecule is CCN1c2ncc(CCOc3cccc4c(CC(=O)NS(C)(=O)=O)cccc34)cc2C(=O)N(C)c2cccnc21. The van der Waals surface area contributed by atoms with Crippen molar-refractivity contribution in [2.24, 2.45) is 0 Å². The van der Waals surface area contributed by atoms with E-state index in [2.05, 4.69) is 9.97 Å². The molecule has 10 nitrogen and oxygen atoms in total. The standard InChI is InChI=1S/C29H29N5O5S/c1-4-34-27-23(29(36)33(2)24-11-7-14-30-28(24)34)16-19(18-31-27)13-15-39-25-12-6-9-21-20(8-5-10-22(21)25)17-26(35)32-40(3,37)38/h5-12,14,16,18H,4,13,15,17H2,1-3H3,(H,32,35). The van der Waals surface area contributed by atoms with E-state index in [4.69, 9.17) is 4.74 Å². The number of rotatable bonds is 8. The van der Waals surface area contributed by atoms with E-state index in [0.717, 1.165) is 28.3 Å². The van der Waals surface area contributed by atoms with Crippen LogP contribution < -0.4 is 19.3 Å². The van der Waals surface area contributed by atoms with E-state index in [0.29, 0.717) is 48.1 Å². The van der Waals surface area contributed by atoms with E-state index < -0.39 is 15.9 Å². The lowest BCUT2D eigenvalue weighted by molar-refractivity contribution is -0.118. The summed E-state index contributed by atoms with van der Waals surface area (Å²) < 4.78 is 31.0. The molecule has 0 bridgehead atoms. The van der Waals surface area contributed by atoms with Crippen LogP contribution in [0.4, 0.5) is 17.3 Å². The Labute approximate surface area is 232 Å². The minimum absolute atomic E-state index is 0.0781. The van der Waals surface area contributed by atoms with Gasteiger partial charge in [0.2, 0.25) is 15.9 Å². The second kappa shape index (κ2) is 10.9. The minimum atomic E-state index is -3.64. The zero-order valence-electron chi connectivity index (χ0n) is 22.4. The Morgan fingerprint density at radius 3 is 2.58 bits per heavy atom. The topological polar surface area (TPSA) is 122 Å². The van der Waals surface area contributed by atoms with Crippen molar-refractivity contribution in [2.45, 2.75) is 19.8 Å². The molecular formula is C29H29N5O5S. The number of hydrogen-bond donors (Lipinski definition) is 1. The molecule has 3 heterocycles. The van der Waals surface area contributed by atoms with Crippen LogP contribution in [-0.2, 0) is 27.7 Å². The van der Waals surface area contributed by atoms with Crippen LogP contribution in [-0.4, -0.2) is 56.7 Å². The lowest BCUT2D eigenvalue weighted by atomic mass is 10.0. The van der Waals surface area contributed by atoms with Crippen molar-refractivity contribution in [2.75, 3.05) is 36.3 Å². The van der Waals surface area contributed by atoms with Crippen molar-refractivity contribution in [1.82, 2.24) is 14.7 Å². The maximum absolute atomic E-state index is 13.4. The number of aromatic nitrogens is 2. The fourth-order valence-electron chi connectivity index (χ4n) is 4.88. The van der Waals surface area contributed by atoms with Gasteiger partial charge in [-0.1, -0.05) is 30.3 Å². The Hall–Kier alpha value is -4.51. The number of nitrogens with zero attached hydrogens (tertiary/aromatic N) is 4. The molecule has 40 heavy (non-hydrogen) atoms. The second-order valence-corrected chi connectivity index (χ2v) is 11.3. The number of carbonyl (C=O) groups is 2. The van der Waals surface area contributed by atoms with E-state index >= 15 is 0 Å². The lowest BCUT2D eigenvalue weighted by Crippen LogP contribution is -2.30. The van der Waals surface area contributed by atoms with E-state index in [1.807, 2.05) is 65.1 Å². The summed E-state index contributed by atoms with van der Waals surface area (Å²) in [5, 5.41) is 1.62. The third-order valence-corrected chi connectivity index (χ3v) is 7.28. The molecule has 4 aromatic rings. The summed E-state index contributed by atoms with van der Waals surface area (Å²) >= 11 is 0. The fraction of sp³-hybridized carbons (Fsp3) is 0.241. The van der Waals surface area contributed by atoms with Crippen LogP contribution in [0.5, 0.6) is 5.75 Å². The number of carbonyl (C=O) groups excluding carboxylic acids is 2. The summed E-state index contributed by atoms with van der Waals surface area (Å²) in [6, 6.07) is 16.6. The average Bonchev–Trinajstić information content (AvgIpc) is 3.01. The Morgan fingerprint density at radius 1 is 1.02 bits per heavy atom. The number of pyridine rings is 2. The third-order valence-electron chi connectivity index (χ3n) is 6.68. The van der Waals surface area contributed by atoms with Gasteiger partial charge < -0.3 is 14.5 Å². The first-order valence-electron chi connectivity index (χ1n) is 12.8. The zero-order valence-corrected chi connectivity index (χ0v) is 23.2. The molecule has 2 aromatic heterocycles. The van der Waals surface area contributed by atoms with Crippen molar-refractivity contribution in [3.63, 3.8) is 0 Å². The molecule has 1 aliphatic heterocycles. The highest BCUT2D eigenvalue weighted by Crippen LogP contribution is 2.37. The molecule has 0 atom stereocenters. The molecule has 2 aromatic carbocycles. The summed E-state index contributed by atoms with van der Waals surface area (Å²) in [7, 11) is -1.90. The summed E-state index contributed by atoms with van der Waals surface area (Å²) in [4.78, 5) is 38.3. The lowest BCUT2D eigenvalue weighted by Gasteiger charge is -2.22. The molecule has 11 heteroatoms. The fourth-order valence-corrected chi connectivity index (χ4v) is 5.36. The number of fused-ring (bicyclic) bond motifs is 3. The van der Waals surface area contributed by atoms with Gasteiger partial charge in [-0.25, -0.2) is 18.4 Å². The summed E-state index contributed by atoms with van der Waals surface area (Å²) in [6.07, 6.45) is 4.85. The van der Waals surface area contributed by atoms with Crippen molar-refractivity contribution >= 4 is 49.9 Å². The third kappa shape index (κ3) is 5.46. The monoisotopic (exact) mass is 559 g/mol. The van der Waals surface area contributed by atoms with Crippen LogP contribution in [0, 0.1) is 0 Å². The van der Waals surface area contributed by atoms with Crippen molar-refractivity contribution in [1.29, 1.82) is 0 Å². The highest BCUT2D eigenvalue weighted by atomic mass is 32.2. The van der Waals surface area contributed by atoms with Crippen LogP contribution in [0.25, 0.3) is 10.8 Å². The molecule has 0 fully saturated rings. The van der Waals surface area contributed by atoms with Gasteiger partial charge in [-0.2, -0.15) is 0 Å². The van der Waals surface area contributed by atoms with Crippen LogP contribution in [0.15, 0.2) is 67.0 Å². The molecule has 0 saturated heterocycles. The molecule has 206 valence electrons. The van der Waals surface area contributed by atoms with Gasteiger partial charge in [0.05, 0.1) is 30.5 Å². The molecule has 0 radical (unpaired) electrons. The molecule has 0 unspecified atom stereocenters. The molecular weight excluding hydrogens is 530 g/mol. The summed E-state index contributed by atoms with van der Waals surface area (Å²) in [5.74, 6) is 1.14. The first-order valence-corrected chi connectivity index (χ1v) is 14.7. The number of ether oxygens (including phenoxy) is 1. The second-order valence-electron chi connectivity index (χ2n) is 9.51. The number of benzene rings is 2. The van der Waals surface area contributed by atoms with E-state index in [1.54, 1.807) is 30.4 Å². The van der Waals surface area contributed by atoms with Crippen molar-refractivity contribution in [3.8, 4) is 5.75 Å². The Morgan fingerprint density at radius 2 is 1.80 bits per heavy atom. The minimum Gasteiger partial charge on any atom is -0.493 e. The Kier molecular flexibility index (Phi) is 7.40. The van der Waals surface area contributed by atoms with Gasteiger partial charge in [0.15, 0.2) is 5.82 Å².